The molecular weight excluding hydrogens is 509 g/mol. The highest BCUT2D eigenvalue weighted by Crippen LogP contribution is 2.40. The number of hydrogen-bond acceptors (Lipinski definition) is 6. The lowest BCUT2D eigenvalue weighted by molar-refractivity contribution is -0.137. The average molecular weight is 531 g/mol. The highest BCUT2D eigenvalue weighted by atomic mass is 32.2. The van der Waals surface area contributed by atoms with Gasteiger partial charge in [-0.25, -0.2) is 9.78 Å². The van der Waals surface area contributed by atoms with Gasteiger partial charge >= 0.3 is 22.3 Å². The van der Waals surface area contributed by atoms with E-state index in [4.69, 9.17) is 4.18 Å². The van der Waals surface area contributed by atoms with E-state index in [9.17, 15) is 31.6 Å². The first-order chi connectivity index (χ1) is 17.4. The summed E-state index contributed by atoms with van der Waals surface area (Å²) in [5, 5.41) is 14.6. The summed E-state index contributed by atoms with van der Waals surface area (Å²) in [4.78, 5) is 16.6. The number of rotatable bonds is 6. The molecule has 1 saturated carbocycles. The van der Waals surface area contributed by atoms with Crippen molar-refractivity contribution in [2.24, 2.45) is 0 Å². The number of amides is 2. The fraction of sp³-hybridized carbons (Fsp3) is 0.240. The Labute approximate surface area is 211 Å². The molecule has 0 unspecified atom stereocenters. The molecule has 0 saturated heterocycles. The Bertz CT molecular complexity index is 1480. The predicted molar refractivity (Wildman–Crippen MR) is 131 cm³/mol. The average Bonchev–Trinajstić information content (AvgIpc) is 2.76. The lowest BCUT2D eigenvalue weighted by Gasteiger charge is -2.26. The molecule has 1 heterocycles. The summed E-state index contributed by atoms with van der Waals surface area (Å²) in [7, 11) is -3.93. The number of anilines is 2. The molecule has 1 fully saturated rings. The van der Waals surface area contributed by atoms with E-state index >= 15 is 0 Å². The van der Waals surface area contributed by atoms with Gasteiger partial charge in [-0.3, -0.25) is 0 Å². The summed E-state index contributed by atoms with van der Waals surface area (Å²) >= 11 is 0. The van der Waals surface area contributed by atoms with E-state index in [2.05, 4.69) is 15.6 Å². The van der Waals surface area contributed by atoms with Crippen LogP contribution < -0.4 is 14.8 Å². The van der Waals surface area contributed by atoms with Crippen LogP contribution in [-0.2, 0) is 16.3 Å². The molecule has 0 bridgehead atoms. The minimum atomic E-state index is -4.54. The van der Waals surface area contributed by atoms with E-state index in [-0.39, 0.29) is 23.0 Å². The Morgan fingerprint density at radius 2 is 1.76 bits per heavy atom. The molecule has 2 N–H and O–H groups in total. The molecule has 1 aliphatic carbocycles. The van der Waals surface area contributed by atoms with Crippen molar-refractivity contribution in [1.29, 1.82) is 5.26 Å². The molecule has 2 aromatic carbocycles. The predicted octanol–water partition coefficient (Wildman–Crippen LogP) is 5.89. The monoisotopic (exact) mass is 530 g/mol. The summed E-state index contributed by atoms with van der Waals surface area (Å²) in [5.41, 5.74) is 0.993. The largest absolute Gasteiger partial charge is 0.416 e. The van der Waals surface area contributed by atoms with Crippen LogP contribution in [0.25, 0.3) is 11.1 Å². The molecule has 4 rings (SSSR count). The Morgan fingerprint density at radius 1 is 1.08 bits per heavy atom. The number of hydrogen-bond donors (Lipinski definition) is 2. The van der Waals surface area contributed by atoms with Crippen LogP contribution in [-0.4, -0.2) is 25.7 Å². The van der Waals surface area contributed by atoms with Crippen molar-refractivity contribution < 1.29 is 30.6 Å². The van der Waals surface area contributed by atoms with Crippen molar-refractivity contribution in [3.8, 4) is 23.1 Å². The number of aromatic nitrogens is 1. The Balaban J connectivity index is 1.57. The molecule has 8 nitrogen and oxygen atoms in total. The Hall–Kier alpha value is -4.11. The van der Waals surface area contributed by atoms with Gasteiger partial charge in [0.1, 0.15) is 11.6 Å². The minimum Gasteiger partial charge on any atom is -0.360 e. The van der Waals surface area contributed by atoms with Gasteiger partial charge in [0, 0.05) is 28.6 Å². The second-order valence-electron chi connectivity index (χ2n) is 8.54. The molecule has 3 aromatic rings. The molecule has 0 aliphatic heterocycles. The van der Waals surface area contributed by atoms with Gasteiger partial charge in [-0.05, 0) is 54.8 Å². The van der Waals surface area contributed by atoms with E-state index in [1.54, 1.807) is 30.3 Å². The molecule has 0 spiro atoms. The number of halogens is 3. The number of benzene rings is 2. The third-order valence-corrected chi connectivity index (χ3v) is 6.23. The van der Waals surface area contributed by atoms with Crippen LogP contribution in [0.3, 0.4) is 0 Å². The molecule has 0 radical (unpaired) electrons. The number of nitrogens with zero attached hydrogens (tertiary/aromatic N) is 2. The fourth-order valence-corrected chi connectivity index (χ4v) is 4.20. The SMILES string of the molecule is CS(=O)(=O)Oc1nc(C2CCC2)cc(-c2ccc(NC(=O)Nc3cccc(C(F)(F)F)c3)cc2)c1C#N. The molecular formula is C25H21F3N4O4S. The van der Waals surface area contributed by atoms with Gasteiger partial charge in [-0.15, -0.1) is 0 Å². The molecule has 2 amide bonds. The maximum atomic E-state index is 12.9. The summed E-state index contributed by atoms with van der Waals surface area (Å²) in [6.07, 6.45) is -0.867. The fourth-order valence-electron chi connectivity index (χ4n) is 3.79. The zero-order valence-corrected chi connectivity index (χ0v) is 20.3. The van der Waals surface area contributed by atoms with Crippen molar-refractivity contribution in [3.63, 3.8) is 0 Å². The second-order valence-corrected chi connectivity index (χ2v) is 10.1. The van der Waals surface area contributed by atoms with Crippen molar-refractivity contribution in [3.05, 3.63) is 71.4 Å². The highest BCUT2D eigenvalue weighted by molar-refractivity contribution is 7.86. The van der Waals surface area contributed by atoms with Gasteiger partial charge < -0.3 is 14.8 Å². The maximum Gasteiger partial charge on any atom is 0.416 e. The van der Waals surface area contributed by atoms with E-state index in [0.29, 0.717) is 22.5 Å². The third kappa shape index (κ3) is 6.37. The number of carbonyl (C=O) groups excluding carboxylic acids is 1. The van der Waals surface area contributed by atoms with E-state index in [1.165, 1.54) is 12.1 Å². The van der Waals surface area contributed by atoms with Gasteiger partial charge in [0.25, 0.3) is 5.88 Å². The van der Waals surface area contributed by atoms with Crippen LogP contribution in [0.1, 0.15) is 42.0 Å². The van der Waals surface area contributed by atoms with E-state index in [0.717, 1.165) is 37.7 Å². The van der Waals surface area contributed by atoms with Gasteiger partial charge in [0.15, 0.2) is 0 Å². The second kappa shape index (κ2) is 10.1. The van der Waals surface area contributed by atoms with E-state index in [1.807, 2.05) is 6.07 Å². The lowest BCUT2D eigenvalue weighted by Crippen LogP contribution is -2.19. The third-order valence-electron chi connectivity index (χ3n) is 5.77. The smallest absolute Gasteiger partial charge is 0.360 e. The number of nitriles is 1. The first-order valence-electron chi connectivity index (χ1n) is 11.1. The zero-order chi connectivity index (χ0) is 26.8. The topological polar surface area (TPSA) is 121 Å². The Morgan fingerprint density at radius 3 is 2.32 bits per heavy atom. The molecule has 1 aromatic heterocycles. The highest BCUT2D eigenvalue weighted by Gasteiger charge is 2.30. The van der Waals surface area contributed by atoms with Crippen LogP contribution in [0.4, 0.5) is 29.3 Å². The van der Waals surface area contributed by atoms with Crippen LogP contribution in [0.5, 0.6) is 5.88 Å². The van der Waals surface area contributed by atoms with Crippen molar-refractivity contribution in [2.75, 3.05) is 16.9 Å². The number of alkyl halides is 3. The van der Waals surface area contributed by atoms with Crippen LogP contribution in [0.15, 0.2) is 54.6 Å². The van der Waals surface area contributed by atoms with Gasteiger partial charge in [-0.1, -0.05) is 24.6 Å². The Kier molecular flexibility index (Phi) is 7.09. The number of nitrogens with one attached hydrogen (secondary N) is 2. The normalized spacial score (nSPS) is 13.8. The molecule has 37 heavy (non-hydrogen) atoms. The van der Waals surface area contributed by atoms with Crippen molar-refractivity contribution >= 4 is 27.5 Å². The first kappa shape index (κ1) is 26.0. The molecule has 0 atom stereocenters. The van der Waals surface area contributed by atoms with Crippen molar-refractivity contribution in [2.45, 2.75) is 31.4 Å². The van der Waals surface area contributed by atoms with Crippen LogP contribution in [0, 0.1) is 11.3 Å². The standard InChI is InChI=1S/C25H21F3N4O4S/c1-37(34,35)36-23-21(14-29)20(13-22(32-23)16-4-2-5-16)15-8-10-18(11-9-15)30-24(33)31-19-7-3-6-17(12-19)25(26,27)28/h3,6-13,16H,2,4-5H2,1H3,(H2,30,31,33). The van der Waals surface area contributed by atoms with Crippen LogP contribution >= 0.6 is 0 Å². The molecule has 1 aliphatic rings. The minimum absolute atomic E-state index is 0.0266. The summed E-state index contributed by atoms with van der Waals surface area (Å²) in [5.74, 6) is -0.152. The number of urea groups is 1. The van der Waals surface area contributed by atoms with Crippen molar-refractivity contribution in [1.82, 2.24) is 4.98 Å². The first-order valence-corrected chi connectivity index (χ1v) is 12.9. The van der Waals surface area contributed by atoms with Gasteiger partial charge in [-0.2, -0.15) is 26.9 Å². The number of pyridine rings is 1. The summed E-state index contributed by atoms with van der Waals surface area (Å²) in [6.45, 7) is 0. The number of carbonyl (C=O) groups is 1. The lowest BCUT2D eigenvalue weighted by atomic mass is 9.81. The summed E-state index contributed by atoms with van der Waals surface area (Å²) in [6, 6.07) is 13.5. The van der Waals surface area contributed by atoms with Crippen LogP contribution in [0.2, 0.25) is 0 Å². The zero-order valence-electron chi connectivity index (χ0n) is 19.5. The quantitative estimate of drug-likeness (QED) is 0.384. The molecule has 192 valence electrons. The van der Waals surface area contributed by atoms with E-state index < -0.39 is 27.9 Å². The van der Waals surface area contributed by atoms with Gasteiger partial charge in [0.2, 0.25) is 0 Å². The summed E-state index contributed by atoms with van der Waals surface area (Å²) < 4.78 is 67.2. The van der Waals surface area contributed by atoms with Gasteiger partial charge in [0.05, 0.1) is 11.8 Å². The maximum absolute atomic E-state index is 12.9. The molecule has 12 heteroatoms.